The zero-order valence-electron chi connectivity index (χ0n) is 17.3. The van der Waals surface area contributed by atoms with Crippen molar-refractivity contribution < 1.29 is 14.1 Å². The number of nitrogens with one attached hydrogen (secondary N) is 1. The van der Waals surface area contributed by atoms with Gasteiger partial charge in [0.1, 0.15) is 18.1 Å². The first-order valence-corrected chi connectivity index (χ1v) is 9.78. The van der Waals surface area contributed by atoms with Crippen LogP contribution in [0.25, 0.3) is 0 Å². The molecule has 2 heterocycles. The predicted molar refractivity (Wildman–Crippen MR) is 111 cm³/mol. The van der Waals surface area contributed by atoms with Crippen molar-refractivity contribution in [2.75, 3.05) is 6.54 Å². The van der Waals surface area contributed by atoms with E-state index in [1.807, 2.05) is 45.9 Å². The van der Waals surface area contributed by atoms with Gasteiger partial charge in [0.25, 0.3) is 5.91 Å². The van der Waals surface area contributed by atoms with Gasteiger partial charge in [-0.3, -0.25) is 9.48 Å². The molecule has 1 N–H and O–H groups in total. The van der Waals surface area contributed by atoms with E-state index in [2.05, 4.69) is 15.6 Å². The zero-order valence-corrected chi connectivity index (χ0v) is 18.1. The second-order valence-electron chi connectivity index (χ2n) is 7.09. The van der Waals surface area contributed by atoms with Crippen LogP contribution in [0.4, 0.5) is 0 Å². The Hall–Kier alpha value is -2.80. The second-order valence-corrected chi connectivity index (χ2v) is 7.47. The van der Waals surface area contributed by atoms with Crippen molar-refractivity contribution >= 4 is 17.5 Å². The van der Waals surface area contributed by atoms with E-state index >= 15 is 0 Å². The molecule has 1 aromatic carbocycles. The topological polar surface area (TPSA) is 82.2 Å². The van der Waals surface area contributed by atoms with Gasteiger partial charge in [-0.15, -0.1) is 0 Å². The maximum Gasteiger partial charge on any atom is 0.273 e. The van der Waals surface area contributed by atoms with Gasteiger partial charge in [-0.05, 0) is 51.8 Å². The Morgan fingerprint density at radius 1 is 1.24 bits per heavy atom. The molecule has 0 aliphatic rings. The van der Waals surface area contributed by atoms with Crippen molar-refractivity contribution in [3.8, 4) is 5.75 Å². The molecule has 0 atom stereocenters. The highest BCUT2D eigenvalue weighted by atomic mass is 35.5. The number of amides is 1. The van der Waals surface area contributed by atoms with E-state index in [1.54, 1.807) is 11.6 Å². The van der Waals surface area contributed by atoms with Crippen LogP contribution in [0.5, 0.6) is 5.75 Å². The average molecular weight is 417 g/mol. The first-order valence-electron chi connectivity index (χ1n) is 9.40. The van der Waals surface area contributed by atoms with E-state index < -0.39 is 0 Å². The number of hydrogen-bond donors (Lipinski definition) is 1. The number of benzene rings is 1. The fraction of sp³-hybridized carbons (Fsp3) is 0.381. The number of hydrogen-bond acceptors (Lipinski definition) is 5. The van der Waals surface area contributed by atoms with Gasteiger partial charge < -0.3 is 14.6 Å². The van der Waals surface area contributed by atoms with Gasteiger partial charge in [0.15, 0.2) is 5.69 Å². The van der Waals surface area contributed by atoms with E-state index in [0.717, 1.165) is 28.3 Å². The van der Waals surface area contributed by atoms with Gasteiger partial charge in [0, 0.05) is 6.54 Å². The van der Waals surface area contributed by atoms with Crippen LogP contribution in [0, 0.1) is 34.6 Å². The maximum atomic E-state index is 12.6. The minimum atomic E-state index is -0.311. The van der Waals surface area contributed by atoms with E-state index in [1.165, 1.54) is 0 Å². The number of aromatic nitrogens is 3. The van der Waals surface area contributed by atoms with Crippen LogP contribution in [-0.2, 0) is 13.2 Å². The monoisotopic (exact) mass is 416 g/mol. The summed E-state index contributed by atoms with van der Waals surface area (Å²) in [5.74, 6) is 1.03. The first-order chi connectivity index (χ1) is 13.8. The largest absolute Gasteiger partial charge is 0.488 e. The molecule has 0 aliphatic carbocycles. The van der Waals surface area contributed by atoms with Crippen molar-refractivity contribution in [1.82, 2.24) is 20.3 Å². The average Bonchev–Trinajstić information content (AvgIpc) is 3.17. The Bertz CT molecular complexity index is 1040. The highest BCUT2D eigenvalue weighted by Crippen LogP contribution is 2.22. The molecule has 0 saturated heterocycles. The third-order valence-electron chi connectivity index (χ3n) is 4.82. The minimum Gasteiger partial charge on any atom is -0.488 e. The summed E-state index contributed by atoms with van der Waals surface area (Å²) in [6.45, 7) is 10.6. The molecule has 0 saturated carbocycles. The van der Waals surface area contributed by atoms with Crippen LogP contribution in [0.2, 0.25) is 5.02 Å². The molecule has 0 unspecified atom stereocenters. The van der Waals surface area contributed by atoms with Crippen LogP contribution in [0.1, 0.15) is 44.3 Å². The summed E-state index contributed by atoms with van der Waals surface area (Å²) >= 11 is 6.16. The normalized spacial score (nSPS) is 11.0. The third kappa shape index (κ3) is 4.62. The molecule has 8 heteroatoms. The predicted octanol–water partition coefficient (Wildman–Crippen LogP) is 4.08. The summed E-state index contributed by atoms with van der Waals surface area (Å²) in [6, 6.07) is 6.00. The van der Waals surface area contributed by atoms with Crippen molar-refractivity contribution in [2.45, 2.75) is 47.8 Å². The van der Waals surface area contributed by atoms with E-state index in [9.17, 15) is 4.79 Å². The molecule has 29 heavy (non-hydrogen) atoms. The quantitative estimate of drug-likeness (QED) is 0.627. The van der Waals surface area contributed by atoms with Crippen molar-refractivity contribution in [3.05, 3.63) is 62.8 Å². The molecule has 0 spiro atoms. The van der Waals surface area contributed by atoms with Crippen molar-refractivity contribution in [2.24, 2.45) is 0 Å². The van der Waals surface area contributed by atoms with E-state index in [-0.39, 0.29) is 18.2 Å². The number of carbonyl (C=O) groups is 1. The lowest BCUT2D eigenvalue weighted by molar-refractivity contribution is 0.0940. The molecular weight excluding hydrogens is 392 g/mol. The van der Waals surface area contributed by atoms with Crippen LogP contribution >= 0.6 is 11.6 Å². The number of rotatable bonds is 7. The summed E-state index contributed by atoms with van der Waals surface area (Å²) in [5.41, 5.74) is 4.65. The standard InChI is InChI=1S/C21H25ClN4O3/c1-12-6-7-13(2)18(10-12)28-11-17-16(5)29-25-20(17)21(27)23-8-9-26-15(4)19(22)14(3)24-26/h6-7,10H,8-9,11H2,1-5H3,(H,23,27). The molecule has 2 aromatic heterocycles. The highest BCUT2D eigenvalue weighted by molar-refractivity contribution is 6.31. The highest BCUT2D eigenvalue weighted by Gasteiger charge is 2.20. The molecule has 154 valence electrons. The summed E-state index contributed by atoms with van der Waals surface area (Å²) in [4.78, 5) is 12.6. The van der Waals surface area contributed by atoms with Crippen LogP contribution < -0.4 is 10.1 Å². The van der Waals surface area contributed by atoms with E-state index in [4.69, 9.17) is 20.9 Å². The summed E-state index contributed by atoms with van der Waals surface area (Å²) in [6.07, 6.45) is 0. The first kappa shape index (κ1) is 20.9. The smallest absolute Gasteiger partial charge is 0.273 e. The van der Waals surface area contributed by atoms with Gasteiger partial charge in [-0.25, -0.2) is 0 Å². The van der Waals surface area contributed by atoms with Gasteiger partial charge >= 0.3 is 0 Å². The number of aryl methyl sites for hydroxylation is 4. The van der Waals surface area contributed by atoms with Crippen molar-refractivity contribution in [1.29, 1.82) is 0 Å². The van der Waals surface area contributed by atoms with Gasteiger partial charge in [0.05, 0.1) is 28.5 Å². The fourth-order valence-electron chi connectivity index (χ4n) is 3.00. The van der Waals surface area contributed by atoms with Crippen molar-refractivity contribution in [3.63, 3.8) is 0 Å². The lowest BCUT2D eigenvalue weighted by Gasteiger charge is -2.10. The molecule has 3 aromatic rings. The number of ether oxygens (including phenoxy) is 1. The lowest BCUT2D eigenvalue weighted by atomic mass is 10.1. The van der Waals surface area contributed by atoms with Crippen LogP contribution in [-0.4, -0.2) is 27.4 Å². The molecule has 0 aliphatic heterocycles. The third-order valence-corrected chi connectivity index (χ3v) is 5.36. The Labute approximate surface area is 175 Å². The molecule has 3 rings (SSSR count). The summed E-state index contributed by atoms with van der Waals surface area (Å²) < 4.78 is 12.9. The zero-order chi connectivity index (χ0) is 21.1. The SMILES string of the molecule is Cc1ccc(C)c(OCc2c(C(=O)NCCn3nc(C)c(Cl)c3C)noc2C)c1. The number of nitrogens with zero attached hydrogens (tertiary/aromatic N) is 3. The van der Waals surface area contributed by atoms with Gasteiger partial charge in [-0.1, -0.05) is 28.9 Å². The molecular formula is C21H25ClN4O3. The lowest BCUT2D eigenvalue weighted by Crippen LogP contribution is -2.29. The van der Waals surface area contributed by atoms with Gasteiger partial charge in [0.2, 0.25) is 0 Å². The van der Waals surface area contributed by atoms with Crippen LogP contribution in [0.3, 0.4) is 0 Å². The number of halogens is 1. The Morgan fingerprint density at radius 3 is 2.69 bits per heavy atom. The molecule has 7 nitrogen and oxygen atoms in total. The maximum absolute atomic E-state index is 12.6. The minimum absolute atomic E-state index is 0.204. The molecule has 0 fully saturated rings. The molecule has 0 bridgehead atoms. The Morgan fingerprint density at radius 2 is 2.00 bits per heavy atom. The second kappa shape index (κ2) is 8.69. The number of carbonyl (C=O) groups excluding carboxylic acids is 1. The summed E-state index contributed by atoms with van der Waals surface area (Å²) in [5, 5.41) is 11.8. The van der Waals surface area contributed by atoms with E-state index in [0.29, 0.717) is 29.4 Å². The summed E-state index contributed by atoms with van der Waals surface area (Å²) in [7, 11) is 0. The van der Waals surface area contributed by atoms with Crippen LogP contribution in [0.15, 0.2) is 22.7 Å². The fourth-order valence-corrected chi connectivity index (χ4v) is 3.14. The Kier molecular flexibility index (Phi) is 6.27. The molecule has 1 amide bonds. The molecule has 0 radical (unpaired) electrons. The van der Waals surface area contributed by atoms with Gasteiger partial charge in [-0.2, -0.15) is 5.10 Å². The Balaban J connectivity index is 1.64.